The number of methoxy groups -OCH3 is 1. The maximum Gasteiger partial charge on any atom is 0.248 e. The van der Waals surface area contributed by atoms with Gasteiger partial charge in [-0.1, -0.05) is 24.3 Å². The molecule has 0 aliphatic carbocycles. The largest absolute Gasteiger partial charge is 0.497 e. The van der Waals surface area contributed by atoms with Gasteiger partial charge in [-0.2, -0.15) is 0 Å². The molecule has 4 N–H and O–H groups in total. The Labute approximate surface area is 141 Å². The SMILES string of the molecule is CN=C(NCc1cccc(OC)c1)NCc1cccc(C(N)=O)c1. The van der Waals surface area contributed by atoms with E-state index in [4.69, 9.17) is 10.5 Å². The van der Waals surface area contributed by atoms with Crippen LogP contribution in [0, 0.1) is 0 Å². The first-order valence-corrected chi connectivity index (χ1v) is 7.58. The number of hydrogen-bond acceptors (Lipinski definition) is 3. The predicted molar refractivity (Wildman–Crippen MR) is 95.0 cm³/mol. The fourth-order valence-electron chi connectivity index (χ4n) is 2.21. The van der Waals surface area contributed by atoms with Gasteiger partial charge in [0.2, 0.25) is 5.91 Å². The van der Waals surface area contributed by atoms with E-state index in [2.05, 4.69) is 15.6 Å². The zero-order chi connectivity index (χ0) is 17.4. The Bertz CT molecular complexity index is 728. The normalized spacial score (nSPS) is 11.0. The van der Waals surface area contributed by atoms with Crippen LogP contribution in [0.1, 0.15) is 21.5 Å². The second-order valence-corrected chi connectivity index (χ2v) is 5.20. The van der Waals surface area contributed by atoms with Gasteiger partial charge in [0.1, 0.15) is 5.75 Å². The number of ether oxygens (including phenoxy) is 1. The molecule has 0 heterocycles. The van der Waals surface area contributed by atoms with E-state index in [1.54, 1.807) is 26.3 Å². The zero-order valence-corrected chi connectivity index (χ0v) is 13.9. The Morgan fingerprint density at radius 3 is 2.29 bits per heavy atom. The van der Waals surface area contributed by atoms with Gasteiger partial charge >= 0.3 is 0 Å². The van der Waals surface area contributed by atoms with Crippen LogP contribution < -0.4 is 21.1 Å². The molecule has 126 valence electrons. The summed E-state index contributed by atoms with van der Waals surface area (Å²) in [5.41, 5.74) is 7.83. The van der Waals surface area contributed by atoms with Gasteiger partial charge in [0.05, 0.1) is 7.11 Å². The maximum absolute atomic E-state index is 11.2. The first-order valence-electron chi connectivity index (χ1n) is 7.58. The van der Waals surface area contributed by atoms with Crippen molar-refractivity contribution in [2.75, 3.05) is 14.2 Å². The van der Waals surface area contributed by atoms with Crippen molar-refractivity contribution in [3.63, 3.8) is 0 Å². The molecule has 0 saturated heterocycles. The minimum absolute atomic E-state index is 0.433. The molecular formula is C18H22N4O2. The lowest BCUT2D eigenvalue weighted by Gasteiger charge is -2.13. The summed E-state index contributed by atoms with van der Waals surface area (Å²) in [4.78, 5) is 15.4. The summed E-state index contributed by atoms with van der Waals surface area (Å²) in [7, 11) is 3.36. The van der Waals surface area contributed by atoms with E-state index in [1.807, 2.05) is 36.4 Å². The number of nitrogens with zero attached hydrogens (tertiary/aromatic N) is 1. The number of benzene rings is 2. The van der Waals surface area contributed by atoms with Crippen LogP contribution in [0.15, 0.2) is 53.5 Å². The Morgan fingerprint density at radius 1 is 1.08 bits per heavy atom. The summed E-state index contributed by atoms with van der Waals surface area (Å²) in [5, 5.41) is 6.44. The highest BCUT2D eigenvalue weighted by Gasteiger charge is 2.03. The number of hydrogen-bond donors (Lipinski definition) is 3. The van der Waals surface area contributed by atoms with Crippen LogP contribution in [0.2, 0.25) is 0 Å². The molecule has 2 rings (SSSR count). The van der Waals surface area contributed by atoms with Crippen LogP contribution >= 0.6 is 0 Å². The number of carbonyl (C=O) groups excluding carboxylic acids is 1. The molecule has 24 heavy (non-hydrogen) atoms. The third-order valence-electron chi connectivity index (χ3n) is 3.49. The first kappa shape index (κ1) is 17.3. The van der Waals surface area contributed by atoms with Gasteiger partial charge in [0.15, 0.2) is 5.96 Å². The lowest BCUT2D eigenvalue weighted by atomic mass is 10.1. The second kappa shape index (κ2) is 8.57. The van der Waals surface area contributed by atoms with Crippen molar-refractivity contribution in [2.24, 2.45) is 10.7 Å². The van der Waals surface area contributed by atoms with E-state index >= 15 is 0 Å². The smallest absolute Gasteiger partial charge is 0.248 e. The third-order valence-corrected chi connectivity index (χ3v) is 3.49. The molecule has 0 spiro atoms. The van der Waals surface area contributed by atoms with Crippen molar-refractivity contribution >= 4 is 11.9 Å². The van der Waals surface area contributed by atoms with Crippen LogP contribution in [0.3, 0.4) is 0 Å². The van der Waals surface area contributed by atoms with E-state index in [1.165, 1.54) is 0 Å². The highest BCUT2D eigenvalue weighted by molar-refractivity contribution is 5.92. The highest BCUT2D eigenvalue weighted by atomic mass is 16.5. The minimum atomic E-state index is -0.433. The lowest BCUT2D eigenvalue weighted by molar-refractivity contribution is 0.1000. The van der Waals surface area contributed by atoms with Crippen molar-refractivity contribution in [3.8, 4) is 5.75 Å². The molecule has 6 heteroatoms. The number of guanidine groups is 1. The zero-order valence-electron chi connectivity index (χ0n) is 13.9. The van der Waals surface area contributed by atoms with E-state index < -0.39 is 5.91 Å². The third kappa shape index (κ3) is 5.01. The standard InChI is InChI=1S/C18H22N4O2/c1-20-18(22-12-14-6-4-8-16(10-14)24-2)21-11-13-5-3-7-15(9-13)17(19)23/h3-10H,11-12H2,1-2H3,(H2,19,23)(H2,20,21,22). The Hall–Kier alpha value is -3.02. The monoisotopic (exact) mass is 326 g/mol. The van der Waals surface area contributed by atoms with Gasteiger partial charge in [-0.15, -0.1) is 0 Å². The van der Waals surface area contributed by atoms with Gasteiger partial charge in [0, 0.05) is 25.7 Å². The molecule has 0 bridgehead atoms. The summed E-state index contributed by atoms with van der Waals surface area (Å²) in [5.74, 6) is 1.06. The van der Waals surface area contributed by atoms with Gasteiger partial charge in [-0.3, -0.25) is 9.79 Å². The molecule has 2 aromatic rings. The molecular weight excluding hydrogens is 304 g/mol. The maximum atomic E-state index is 11.2. The number of aliphatic imine (C=N–C) groups is 1. The quantitative estimate of drug-likeness (QED) is 0.556. The minimum Gasteiger partial charge on any atom is -0.497 e. The molecule has 0 fully saturated rings. The number of primary amides is 1. The van der Waals surface area contributed by atoms with Crippen molar-refractivity contribution in [1.82, 2.24) is 10.6 Å². The van der Waals surface area contributed by atoms with Crippen LogP contribution in [0.25, 0.3) is 0 Å². The molecule has 6 nitrogen and oxygen atoms in total. The Morgan fingerprint density at radius 2 is 1.71 bits per heavy atom. The van der Waals surface area contributed by atoms with Gasteiger partial charge in [-0.25, -0.2) is 0 Å². The van der Waals surface area contributed by atoms with Gasteiger partial charge in [-0.05, 0) is 35.4 Å². The van der Waals surface area contributed by atoms with Crippen molar-refractivity contribution in [2.45, 2.75) is 13.1 Å². The fraction of sp³-hybridized carbons (Fsp3) is 0.222. The number of nitrogens with one attached hydrogen (secondary N) is 2. The Kier molecular flexibility index (Phi) is 6.19. The summed E-state index contributed by atoms with van der Waals surface area (Å²) < 4.78 is 5.21. The number of carbonyl (C=O) groups is 1. The van der Waals surface area contributed by atoms with Crippen molar-refractivity contribution in [3.05, 3.63) is 65.2 Å². The fourth-order valence-corrected chi connectivity index (χ4v) is 2.21. The summed E-state index contributed by atoms with van der Waals surface area (Å²) in [6.45, 7) is 1.16. The molecule has 0 unspecified atom stereocenters. The van der Waals surface area contributed by atoms with Crippen LogP contribution in [-0.4, -0.2) is 26.0 Å². The summed E-state index contributed by atoms with van der Waals surface area (Å²) >= 11 is 0. The van der Waals surface area contributed by atoms with Gasteiger partial charge in [0.25, 0.3) is 0 Å². The van der Waals surface area contributed by atoms with E-state index in [-0.39, 0.29) is 0 Å². The lowest BCUT2D eigenvalue weighted by Crippen LogP contribution is -2.36. The van der Waals surface area contributed by atoms with Crippen LogP contribution in [0.5, 0.6) is 5.75 Å². The Balaban J connectivity index is 1.90. The van der Waals surface area contributed by atoms with E-state index in [0.717, 1.165) is 16.9 Å². The molecule has 1 amide bonds. The summed E-state index contributed by atoms with van der Waals surface area (Å²) in [6.07, 6.45) is 0. The average molecular weight is 326 g/mol. The van der Waals surface area contributed by atoms with Crippen LogP contribution in [0.4, 0.5) is 0 Å². The average Bonchev–Trinajstić information content (AvgIpc) is 2.62. The molecule has 0 aliphatic heterocycles. The predicted octanol–water partition coefficient (Wildman–Crippen LogP) is 1.66. The highest BCUT2D eigenvalue weighted by Crippen LogP contribution is 2.12. The van der Waals surface area contributed by atoms with Crippen molar-refractivity contribution < 1.29 is 9.53 Å². The molecule has 0 aliphatic rings. The number of rotatable bonds is 6. The summed E-state index contributed by atoms with van der Waals surface area (Å²) in [6, 6.07) is 15.0. The number of amides is 1. The molecule has 2 aromatic carbocycles. The van der Waals surface area contributed by atoms with Gasteiger partial charge < -0.3 is 21.1 Å². The van der Waals surface area contributed by atoms with E-state index in [0.29, 0.717) is 24.6 Å². The first-order chi connectivity index (χ1) is 11.6. The molecule has 0 saturated carbocycles. The number of nitrogens with two attached hydrogens (primary N) is 1. The second-order valence-electron chi connectivity index (χ2n) is 5.20. The topological polar surface area (TPSA) is 88.7 Å². The molecule has 0 radical (unpaired) electrons. The van der Waals surface area contributed by atoms with Crippen LogP contribution in [-0.2, 0) is 13.1 Å². The van der Waals surface area contributed by atoms with E-state index in [9.17, 15) is 4.79 Å². The molecule has 0 atom stereocenters. The molecule has 0 aromatic heterocycles. The van der Waals surface area contributed by atoms with Crippen molar-refractivity contribution in [1.29, 1.82) is 0 Å².